The second-order valence-electron chi connectivity index (χ2n) is 5.91. The molecule has 0 amide bonds. The van der Waals surface area contributed by atoms with Crippen molar-refractivity contribution in [3.8, 4) is 0 Å². The molecule has 5 nitrogen and oxygen atoms in total. The van der Waals surface area contributed by atoms with Gasteiger partial charge in [-0.15, -0.1) is 24.0 Å². The van der Waals surface area contributed by atoms with Crippen LogP contribution in [0.3, 0.4) is 0 Å². The van der Waals surface area contributed by atoms with Crippen molar-refractivity contribution in [2.45, 2.75) is 45.4 Å². The zero-order valence-electron chi connectivity index (χ0n) is 14.9. The number of guanidine groups is 1. The van der Waals surface area contributed by atoms with Gasteiger partial charge in [-0.1, -0.05) is 31.2 Å². The van der Waals surface area contributed by atoms with Crippen molar-refractivity contribution in [1.82, 2.24) is 10.6 Å². The zero-order valence-corrected chi connectivity index (χ0v) is 17.2. The highest BCUT2D eigenvalue weighted by atomic mass is 127. The number of hydrogen-bond acceptors (Lipinski definition) is 3. The second-order valence-corrected chi connectivity index (χ2v) is 5.91. The molecule has 2 unspecified atom stereocenters. The molecule has 2 N–H and O–H groups in total. The molecule has 0 aliphatic carbocycles. The van der Waals surface area contributed by atoms with E-state index >= 15 is 0 Å². The van der Waals surface area contributed by atoms with Gasteiger partial charge in [-0.2, -0.15) is 0 Å². The van der Waals surface area contributed by atoms with E-state index in [-0.39, 0.29) is 36.1 Å². The Hall–Kier alpha value is -0.860. The quantitative estimate of drug-likeness (QED) is 0.384. The largest absolute Gasteiger partial charge is 0.379 e. The summed E-state index contributed by atoms with van der Waals surface area (Å²) in [6, 6.07) is 8.69. The molecule has 1 aliphatic rings. The van der Waals surface area contributed by atoms with E-state index in [1.165, 1.54) is 11.1 Å². The molecule has 2 atom stereocenters. The Morgan fingerprint density at radius 3 is 2.75 bits per heavy atom. The normalized spacial score (nSPS) is 18.8. The van der Waals surface area contributed by atoms with E-state index in [2.05, 4.69) is 53.7 Å². The van der Waals surface area contributed by atoms with Crippen molar-refractivity contribution in [3.63, 3.8) is 0 Å². The fraction of sp³-hybridized carbons (Fsp3) is 0.611. The van der Waals surface area contributed by atoms with Gasteiger partial charge in [0, 0.05) is 26.2 Å². The predicted octanol–water partition coefficient (Wildman–Crippen LogP) is 2.73. The highest BCUT2D eigenvalue weighted by Crippen LogP contribution is 2.09. The number of rotatable bonds is 7. The van der Waals surface area contributed by atoms with E-state index in [4.69, 9.17) is 9.47 Å². The number of ether oxygens (including phenoxy) is 2. The molecule has 1 fully saturated rings. The molecular weight excluding hydrogens is 417 g/mol. The van der Waals surface area contributed by atoms with Crippen LogP contribution in [-0.4, -0.2) is 45.0 Å². The molecule has 0 spiro atoms. The molecule has 0 aromatic heterocycles. The molecule has 136 valence electrons. The topological polar surface area (TPSA) is 54.9 Å². The Kier molecular flexibility index (Phi) is 10.3. The third-order valence-electron chi connectivity index (χ3n) is 4.02. The number of aryl methyl sites for hydroxylation is 1. The molecule has 1 aliphatic heterocycles. The van der Waals surface area contributed by atoms with Crippen LogP contribution in [0, 0.1) is 0 Å². The standard InChI is InChI=1S/C18H29N3O2.HI/c1-4-15-7-5-6-8-16(15)11-20-18(19-3)21-14(2)12-23-17-9-10-22-13-17;/h5-8,14,17H,4,9-13H2,1-3H3,(H2,19,20,21);1H. The Morgan fingerprint density at radius 2 is 2.12 bits per heavy atom. The van der Waals surface area contributed by atoms with Crippen LogP contribution < -0.4 is 10.6 Å². The lowest BCUT2D eigenvalue weighted by Gasteiger charge is -2.20. The summed E-state index contributed by atoms with van der Waals surface area (Å²) in [5, 5.41) is 6.75. The van der Waals surface area contributed by atoms with Crippen LogP contribution in [0.1, 0.15) is 31.4 Å². The summed E-state index contributed by atoms with van der Waals surface area (Å²) in [7, 11) is 1.79. The van der Waals surface area contributed by atoms with Crippen molar-refractivity contribution in [1.29, 1.82) is 0 Å². The molecule has 0 saturated carbocycles. The van der Waals surface area contributed by atoms with Gasteiger partial charge < -0.3 is 20.1 Å². The number of benzene rings is 1. The van der Waals surface area contributed by atoms with Crippen LogP contribution in [0.4, 0.5) is 0 Å². The number of nitrogens with zero attached hydrogens (tertiary/aromatic N) is 1. The number of aliphatic imine (C=N–C) groups is 1. The van der Waals surface area contributed by atoms with Crippen LogP contribution in [0.25, 0.3) is 0 Å². The van der Waals surface area contributed by atoms with Crippen LogP contribution in [0.2, 0.25) is 0 Å². The molecular formula is C18H30IN3O2. The summed E-state index contributed by atoms with van der Waals surface area (Å²) in [5.41, 5.74) is 2.68. The van der Waals surface area contributed by atoms with Gasteiger partial charge in [0.25, 0.3) is 0 Å². The van der Waals surface area contributed by atoms with Crippen LogP contribution >= 0.6 is 24.0 Å². The smallest absolute Gasteiger partial charge is 0.191 e. The number of halogens is 1. The lowest BCUT2D eigenvalue weighted by molar-refractivity contribution is 0.0347. The summed E-state index contributed by atoms with van der Waals surface area (Å²) in [4.78, 5) is 4.29. The van der Waals surface area contributed by atoms with Crippen molar-refractivity contribution in [3.05, 3.63) is 35.4 Å². The Balaban J connectivity index is 0.00000288. The number of nitrogens with one attached hydrogen (secondary N) is 2. The van der Waals surface area contributed by atoms with Gasteiger partial charge in [0.2, 0.25) is 0 Å². The maximum atomic E-state index is 5.84. The monoisotopic (exact) mass is 447 g/mol. The predicted molar refractivity (Wildman–Crippen MR) is 109 cm³/mol. The van der Waals surface area contributed by atoms with Gasteiger partial charge in [0.15, 0.2) is 5.96 Å². The fourth-order valence-electron chi connectivity index (χ4n) is 2.65. The van der Waals surface area contributed by atoms with Gasteiger partial charge in [0.1, 0.15) is 0 Å². The molecule has 1 aromatic carbocycles. The number of hydrogen-bond donors (Lipinski definition) is 2. The third kappa shape index (κ3) is 6.94. The Bertz CT molecular complexity index is 505. The first-order valence-corrected chi connectivity index (χ1v) is 8.46. The summed E-state index contributed by atoms with van der Waals surface area (Å²) < 4.78 is 11.2. The molecule has 24 heavy (non-hydrogen) atoms. The molecule has 2 rings (SSSR count). The van der Waals surface area contributed by atoms with Gasteiger partial charge >= 0.3 is 0 Å². The molecule has 1 saturated heterocycles. The van der Waals surface area contributed by atoms with Crippen molar-refractivity contribution in [2.24, 2.45) is 4.99 Å². The first kappa shape index (κ1) is 21.2. The van der Waals surface area contributed by atoms with Gasteiger partial charge in [-0.3, -0.25) is 4.99 Å². The second kappa shape index (κ2) is 11.7. The van der Waals surface area contributed by atoms with Gasteiger partial charge in [0.05, 0.1) is 19.3 Å². The minimum Gasteiger partial charge on any atom is -0.379 e. The van der Waals surface area contributed by atoms with E-state index < -0.39 is 0 Å². The van der Waals surface area contributed by atoms with Crippen molar-refractivity contribution >= 4 is 29.9 Å². The van der Waals surface area contributed by atoms with Crippen LogP contribution in [0.15, 0.2) is 29.3 Å². The van der Waals surface area contributed by atoms with Crippen molar-refractivity contribution < 1.29 is 9.47 Å². The van der Waals surface area contributed by atoms with E-state index in [0.717, 1.165) is 32.0 Å². The first-order valence-electron chi connectivity index (χ1n) is 8.46. The maximum absolute atomic E-state index is 5.84. The van der Waals surface area contributed by atoms with E-state index in [1.54, 1.807) is 7.05 Å². The Morgan fingerprint density at radius 1 is 1.38 bits per heavy atom. The van der Waals surface area contributed by atoms with Crippen LogP contribution in [0.5, 0.6) is 0 Å². The average molecular weight is 447 g/mol. The zero-order chi connectivity index (χ0) is 16.5. The molecule has 0 radical (unpaired) electrons. The van der Waals surface area contributed by atoms with Crippen molar-refractivity contribution in [2.75, 3.05) is 26.9 Å². The Labute approximate surface area is 162 Å². The van der Waals surface area contributed by atoms with Gasteiger partial charge in [-0.05, 0) is 30.9 Å². The molecule has 0 bridgehead atoms. The third-order valence-corrected chi connectivity index (χ3v) is 4.02. The summed E-state index contributed by atoms with van der Waals surface area (Å²) in [5.74, 6) is 0.801. The van der Waals surface area contributed by atoms with Crippen LogP contribution in [-0.2, 0) is 22.4 Å². The van der Waals surface area contributed by atoms with E-state index in [0.29, 0.717) is 13.2 Å². The molecule has 1 aromatic rings. The fourth-order valence-corrected chi connectivity index (χ4v) is 2.65. The minimum atomic E-state index is 0. The first-order chi connectivity index (χ1) is 11.2. The summed E-state index contributed by atoms with van der Waals surface area (Å²) in [6.07, 6.45) is 2.27. The lowest BCUT2D eigenvalue weighted by Crippen LogP contribution is -2.44. The summed E-state index contributed by atoms with van der Waals surface area (Å²) in [6.45, 7) is 7.23. The molecule has 6 heteroatoms. The lowest BCUT2D eigenvalue weighted by atomic mass is 10.1. The highest BCUT2D eigenvalue weighted by molar-refractivity contribution is 14.0. The average Bonchev–Trinajstić information content (AvgIpc) is 3.10. The maximum Gasteiger partial charge on any atom is 0.191 e. The summed E-state index contributed by atoms with van der Waals surface area (Å²) >= 11 is 0. The highest BCUT2D eigenvalue weighted by Gasteiger charge is 2.17. The van der Waals surface area contributed by atoms with E-state index in [1.807, 2.05) is 0 Å². The minimum absolute atomic E-state index is 0. The van der Waals surface area contributed by atoms with E-state index in [9.17, 15) is 0 Å². The molecule has 1 heterocycles. The SMILES string of the molecule is CCc1ccccc1CNC(=NC)NC(C)COC1CCOC1.I. The van der Waals surface area contributed by atoms with Gasteiger partial charge in [-0.25, -0.2) is 0 Å².